The van der Waals surface area contributed by atoms with E-state index >= 15 is 0 Å². The van der Waals surface area contributed by atoms with Crippen LogP contribution in [0, 0.1) is 6.92 Å². The Hall–Kier alpha value is -1.11. The molecule has 0 aliphatic carbocycles. The lowest BCUT2D eigenvalue weighted by atomic mass is 10.2. The second-order valence-electron chi connectivity index (χ2n) is 5.34. The van der Waals surface area contributed by atoms with Gasteiger partial charge in [-0.15, -0.1) is 0 Å². The lowest BCUT2D eigenvalue weighted by molar-refractivity contribution is 0.162. The van der Waals surface area contributed by atoms with Gasteiger partial charge in [-0.25, -0.2) is 13.1 Å². The molecule has 5 nitrogen and oxygen atoms in total. The van der Waals surface area contributed by atoms with Gasteiger partial charge < -0.3 is 9.84 Å². The van der Waals surface area contributed by atoms with Crippen LogP contribution in [0.1, 0.15) is 39.2 Å². The molecule has 0 bridgehead atoms. The van der Waals surface area contributed by atoms with Gasteiger partial charge >= 0.3 is 0 Å². The van der Waals surface area contributed by atoms with Gasteiger partial charge in [-0.1, -0.05) is 6.92 Å². The number of aliphatic hydroxyl groups is 1. The van der Waals surface area contributed by atoms with Crippen molar-refractivity contribution < 1.29 is 18.3 Å². The number of hydrogen-bond acceptors (Lipinski definition) is 4. The summed E-state index contributed by atoms with van der Waals surface area (Å²) in [6.07, 6.45) is 0.585. The normalized spacial score (nSPS) is 13.4. The molecule has 0 spiro atoms. The van der Waals surface area contributed by atoms with Gasteiger partial charge in [0.2, 0.25) is 10.0 Å². The van der Waals surface area contributed by atoms with Gasteiger partial charge in [-0.3, -0.25) is 0 Å². The first-order valence-electron chi connectivity index (χ1n) is 7.21. The molecule has 120 valence electrons. The zero-order valence-electron chi connectivity index (χ0n) is 13.1. The zero-order chi connectivity index (χ0) is 16.0. The Bertz CT molecular complexity index is 555. The lowest BCUT2D eigenvalue weighted by Crippen LogP contribution is -2.27. The average Bonchev–Trinajstić information content (AvgIpc) is 2.40. The highest BCUT2D eigenvalue weighted by Crippen LogP contribution is 2.22. The SMILES string of the molecule is CCC(O)CCNS(=O)(=O)c1ccc(OC(C)C)c(C)c1. The molecule has 0 amide bonds. The molecular formula is C15H25NO4S. The lowest BCUT2D eigenvalue weighted by Gasteiger charge is -2.14. The van der Waals surface area contributed by atoms with E-state index < -0.39 is 16.1 Å². The van der Waals surface area contributed by atoms with Crippen molar-refractivity contribution in [2.24, 2.45) is 0 Å². The predicted molar refractivity (Wildman–Crippen MR) is 83.0 cm³/mol. The van der Waals surface area contributed by atoms with Gasteiger partial charge in [-0.2, -0.15) is 0 Å². The fraction of sp³-hybridized carbons (Fsp3) is 0.600. The van der Waals surface area contributed by atoms with E-state index in [2.05, 4.69) is 4.72 Å². The van der Waals surface area contributed by atoms with E-state index in [0.29, 0.717) is 18.6 Å². The maximum absolute atomic E-state index is 12.2. The first-order chi connectivity index (χ1) is 9.76. The molecule has 2 N–H and O–H groups in total. The first-order valence-corrected chi connectivity index (χ1v) is 8.69. The minimum atomic E-state index is -3.55. The van der Waals surface area contributed by atoms with E-state index in [1.807, 2.05) is 27.7 Å². The third-order valence-electron chi connectivity index (χ3n) is 3.06. The molecule has 1 aromatic carbocycles. The van der Waals surface area contributed by atoms with Crippen LogP contribution in [0.5, 0.6) is 5.75 Å². The second kappa shape index (κ2) is 7.77. The van der Waals surface area contributed by atoms with Gasteiger partial charge in [0.15, 0.2) is 0 Å². The molecule has 21 heavy (non-hydrogen) atoms. The van der Waals surface area contributed by atoms with Crippen molar-refractivity contribution in [1.29, 1.82) is 0 Å². The summed E-state index contributed by atoms with van der Waals surface area (Å²) in [6, 6.07) is 4.80. The predicted octanol–water partition coefficient (Wildman–Crippen LogP) is 2.22. The second-order valence-corrected chi connectivity index (χ2v) is 7.11. The third-order valence-corrected chi connectivity index (χ3v) is 4.52. The molecule has 1 rings (SSSR count). The molecule has 0 saturated carbocycles. The van der Waals surface area contributed by atoms with Crippen LogP contribution in [-0.4, -0.2) is 32.3 Å². The van der Waals surface area contributed by atoms with Crippen LogP contribution in [0.3, 0.4) is 0 Å². The summed E-state index contributed by atoms with van der Waals surface area (Å²) in [5.74, 6) is 0.686. The van der Waals surface area contributed by atoms with Crippen molar-refractivity contribution >= 4 is 10.0 Å². The van der Waals surface area contributed by atoms with E-state index in [4.69, 9.17) is 4.74 Å². The number of rotatable bonds is 8. The van der Waals surface area contributed by atoms with Crippen LogP contribution in [0.4, 0.5) is 0 Å². The topological polar surface area (TPSA) is 75.6 Å². The first kappa shape index (κ1) is 17.9. The van der Waals surface area contributed by atoms with Crippen molar-refractivity contribution in [2.75, 3.05) is 6.54 Å². The van der Waals surface area contributed by atoms with E-state index in [9.17, 15) is 13.5 Å². The summed E-state index contributed by atoms with van der Waals surface area (Å²) < 4.78 is 32.4. The molecular weight excluding hydrogens is 290 g/mol. The summed E-state index contributed by atoms with van der Waals surface area (Å²) in [5.41, 5.74) is 0.778. The van der Waals surface area contributed by atoms with Crippen LogP contribution < -0.4 is 9.46 Å². The molecule has 0 fully saturated rings. The molecule has 0 radical (unpaired) electrons. The van der Waals surface area contributed by atoms with Crippen LogP contribution in [-0.2, 0) is 10.0 Å². The number of benzene rings is 1. The smallest absolute Gasteiger partial charge is 0.240 e. The van der Waals surface area contributed by atoms with E-state index in [0.717, 1.165) is 5.56 Å². The standard InChI is InChI=1S/C15H25NO4S/c1-5-13(17)8-9-16-21(18,19)14-6-7-15(12(4)10-14)20-11(2)3/h6-7,10-11,13,16-17H,5,8-9H2,1-4H3. The monoisotopic (exact) mass is 315 g/mol. The number of aliphatic hydroxyl groups excluding tert-OH is 1. The van der Waals surface area contributed by atoms with Crippen LogP contribution in [0.2, 0.25) is 0 Å². The summed E-state index contributed by atoms with van der Waals surface area (Å²) in [5, 5.41) is 9.44. The molecule has 0 heterocycles. The molecule has 6 heteroatoms. The Morgan fingerprint density at radius 2 is 2.00 bits per heavy atom. The summed E-state index contributed by atoms with van der Waals surface area (Å²) in [4.78, 5) is 0.210. The Morgan fingerprint density at radius 3 is 2.52 bits per heavy atom. The Balaban J connectivity index is 2.77. The maximum atomic E-state index is 12.2. The van der Waals surface area contributed by atoms with Gasteiger partial charge in [0.25, 0.3) is 0 Å². The molecule has 0 aliphatic heterocycles. The van der Waals surface area contributed by atoms with Crippen molar-refractivity contribution in [3.8, 4) is 5.75 Å². The molecule has 1 aromatic rings. The summed E-state index contributed by atoms with van der Waals surface area (Å²) in [6.45, 7) is 7.74. The Kier molecular flexibility index (Phi) is 6.64. The van der Waals surface area contributed by atoms with Crippen LogP contribution >= 0.6 is 0 Å². The maximum Gasteiger partial charge on any atom is 0.240 e. The van der Waals surface area contributed by atoms with E-state index in [1.54, 1.807) is 12.1 Å². The van der Waals surface area contributed by atoms with E-state index in [-0.39, 0.29) is 17.5 Å². The molecule has 0 aromatic heterocycles. The van der Waals surface area contributed by atoms with Gasteiger partial charge in [-0.05, 0) is 57.4 Å². The van der Waals surface area contributed by atoms with Crippen molar-refractivity contribution in [1.82, 2.24) is 4.72 Å². The minimum absolute atomic E-state index is 0.0415. The largest absolute Gasteiger partial charge is 0.491 e. The third kappa shape index (κ3) is 5.65. The molecule has 0 saturated heterocycles. The number of sulfonamides is 1. The number of aryl methyl sites for hydroxylation is 1. The highest BCUT2D eigenvalue weighted by atomic mass is 32.2. The van der Waals surface area contributed by atoms with Crippen LogP contribution in [0.25, 0.3) is 0 Å². The Morgan fingerprint density at radius 1 is 1.33 bits per heavy atom. The quantitative estimate of drug-likeness (QED) is 0.771. The summed E-state index contributed by atoms with van der Waals surface area (Å²) in [7, 11) is -3.55. The molecule has 1 atom stereocenters. The highest BCUT2D eigenvalue weighted by Gasteiger charge is 2.16. The fourth-order valence-corrected chi connectivity index (χ4v) is 2.95. The molecule has 1 unspecified atom stereocenters. The van der Waals surface area contributed by atoms with Gasteiger partial charge in [0.05, 0.1) is 17.1 Å². The van der Waals surface area contributed by atoms with Crippen molar-refractivity contribution in [3.05, 3.63) is 23.8 Å². The fourth-order valence-electron chi connectivity index (χ4n) is 1.82. The number of hydrogen-bond donors (Lipinski definition) is 2. The minimum Gasteiger partial charge on any atom is -0.491 e. The highest BCUT2D eigenvalue weighted by molar-refractivity contribution is 7.89. The van der Waals surface area contributed by atoms with Crippen molar-refractivity contribution in [2.45, 2.75) is 57.6 Å². The summed E-state index contributed by atoms with van der Waals surface area (Å²) >= 11 is 0. The Labute approximate surface area is 127 Å². The van der Waals surface area contributed by atoms with Gasteiger partial charge in [0, 0.05) is 6.54 Å². The van der Waals surface area contributed by atoms with Crippen LogP contribution in [0.15, 0.2) is 23.1 Å². The number of nitrogens with one attached hydrogen (secondary N) is 1. The molecule has 0 aliphatic rings. The van der Waals surface area contributed by atoms with E-state index in [1.165, 1.54) is 6.07 Å². The average molecular weight is 315 g/mol. The zero-order valence-corrected chi connectivity index (χ0v) is 13.9. The number of ether oxygens (including phenoxy) is 1. The van der Waals surface area contributed by atoms with Gasteiger partial charge in [0.1, 0.15) is 5.75 Å². The van der Waals surface area contributed by atoms with Crippen molar-refractivity contribution in [3.63, 3.8) is 0 Å².